The fraction of sp³-hybridized carbons (Fsp3) is 0.129. The zero-order valence-electron chi connectivity index (χ0n) is 21.5. The molecule has 0 atom stereocenters. The third-order valence-electron chi connectivity index (χ3n) is 6.41. The second-order valence-electron chi connectivity index (χ2n) is 9.03. The SMILES string of the molecule is C=C/C(=C\C(=C/C)c1cnc2n[nH]c(-c3cc4c(-c5ccc(F)cc5)ccnc4[nH]3)c2c1)NC(=C)CCC. The van der Waals surface area contributed by atoms with E-state index >= 15 is 0 Å². The lowest BCUT2D eigenvalue weighted by atomic mass is 10.0. The highest BCUT2D eigenvalue weighted by atomic mass is 19.1. The largest absolute Gasteiger partial charge is 0.359 e. The Bertz CT molecular complexity index is 1700. The van der Waals surface area contributed by atoms with Crippen molar-refractivity contribution in [2.45, 2.75) is 26.7 Å². The van der Waals surface area contributed by atoms with Crippen LogP contribution < -0.4 is 5.32 Å². The van der Waals surface area contributed by atoms with Crippen molar-refractivity contribution in [1.29, 1.82) is 0 Å². The Morgan fingerprint density at radius 3 is 2.66 bits per heavy atom. The normalized spacial score (nSPS) is 12.3. The fourth-order valence-corrected chi connectivity index (χ4v) is 4.52. The molecule has 38 heavy (non-hydrogen) atoms. The Morgan fingerprint density at radius 2 is 1.92 bits per heavy atom. The lowest BCUT2D eigenvalue weighted by Crippen LogP contribution is -2.10. The molecule has 0 radical (unpaired) electrons. The highest BCUT2D eigenvalue weighted by Crippen LogP contribution is 2.33. The van der Waals surface area contributed by atoms with Gasteiger partial charge in [-0.1, -0.05) is 44.7 Å². The van der Waals surface area contributed by atoms with E-state index in [1.807, 2.05) is 37.4 Å². The lowest BCUT2D eigenvalue weighted by molar-refractivity contribution is 0.628. The smallest absolute Gasteiger partial charge is 0.181 e. The van der Waals surface area contributed by atoms with Crippen molar-refractivity contribution < 1.29 is 4.39 Å². The summed E-state index contributed by atoms with van der Waals surface area (Å²) < 4.78 is 13.5. The number of pyridine rings is 2. The van der Waals surface area contributed by atoms with Gasteiger partial charge in [0.05, 0.1) is 11.4 Å². The van der Waals surface area contributed by atoms with Crippen LogP contribution in [0.25, 0.3) is 50.2 Å². The number of aromatic nitrogens is 5. The summed E-state index contributed by atoms with van der Waals surface area (Å²) in [6.07, 6.45) is 11.3. The van der Waals surface area contributed by atoms with Gasteiger partial charge in [-0.15, -0.1) is 0 Å². The number of nitrogens with one attached hydrogen (secondary N) is 3. The Labute approximate surface area is 220 Å². The quantitative estimate of drug-likeness (QED) is 0.180. The molecule has 0 spiro atoms. The Kier molecular flexibility index (Phi) is 7.00. The van der Waals surface area contributed by atoms with Crippen molar-refractivity contribution in [3.05, 3.63) is 109 Å². The van der Waals surface area contributed by atoms with E-state index in [1.54, 1.807) is 24.4 Å². The summed E-state index contributed by atoms with van der Waals surface area (Å²) in [6.45, 7) is 12.2. The van der Waals surface area contributed by atoms with Gasteiger partial charge in [0.25, 0.3) is 0 Å². The van der Waals surface area contributed by atoms with Crippen LogP contribution in [-0.4, -0.2) is 25.1 Å². The molecular weight excluding hydrogens is 475 g/mol. The minimum Gasteiger partial charge on any atom is -0.359 e. The molecule has 0 unspecified atom stereocenters. The van der Waals surface area contributed by atoms with E-state index in [9.17, 15) is 4.39 Å². The van der Waals surface area contributed by atoms with Crippen molar-refractivity contribution in [2.75, 3.05) is 0 Å². The molecule has 0 aliphatic rings. The summed E-state index contributed by atoms with van der Waals surface area (Å²) >= 11 is 0. The van der Waals surface area contributed by atoms with Gasteiger partial charge in [0, 0.05) is 40.1 Å². The predicted octanol–water partition coefficient (Wildman–Crippen LogP) is 7.68. The van der Waals surface area contributed by atoms with Gasteiger partial charge >= 0.3 is 0 Å². The molecule has 0 aliphatic carbocycles. The van der Waals surface area contributed by atoms with Crippen LogP contribution in [0.4, 0.5) is 4.39 Å². The van der Waals surface area contributed by atoms with Crippen LogP contribution in [0.15, 0.2) is 97.6 Å². The molecule has 0 bridgehead atoms. The molecule has 4 heterocycles. The third-order valence-corrected chi connectivity index (χ3v) is 6.41. The molecule has 4 aromatic heterocycles. The minimum absolute atomic E-state index is 0.265. The summed E-state index contributed by atoms with van der Waals surface area (Å²) in [5.74, 6) is -0.265. The molecule has 7 heteroatoms. The molecule has 6 nitrogen and oxygen atoms in total. The first kappa shape index (κ1) is 24.9. The zero-order chi connectivity index (χ0) is 26.6. The number of fused-ring (bicyclic) bond motifs is 2. The maximum absolute atomic E-state index is 13.5. The summed E-state index contributed by atoms with van der Waals surface area (Å²) in [7, 11) is 0. The Hall–Kier alpha value is -4.78. The van der Waals surface area contributed by atoms with Crippen LogP contribution in [0.3, 0.4) is 0 Å². The second-order valence-corrected chi connectivity index (χ2v) is 9.03. The van der Waals surface area contributed by atoms with E-state index in [-0.39, 0.29) is 5.82 Å². The highest BCUT2D eigenvalue weighted by Gasteiger charge is 2.15. The van der Waals surface area contributed by atoms with Crippen LogP contribution in [0.5, 0.6) is 0 Å². The highest BCUT2D eigenvalue weighted by molar-refractivity contribution is 5.99. The first-order chi connectivity index (χ1) is 18.5. The average molecular weight is 505 g/mol. The molecule has 1 aromatic carbocycles. The van der Waals surface area contributed by atoms with Crippen LogP contribution in [-0.2, 0) is 0 Å². The molecule has 0 amide bonds. The van der Waals surface area contributed by atoms with Crippen LogP contribution in [0.2, 0.25) is 0 Å². The van der Waals surface area contributed by atoms with Gasteiger partial charge in [0.2, 0.25) is 0 Å². The van der Waals surface area contributed by atoms with Gasteiger partial charge in [-0.05, 0) is 72.5 Å². The Balaban J connectivity index is 1.54. The van der Waals surface area contributed by atoms with Crippen LogP contribution >= 0.6 is 0 Å². The van der Waals surface area contributed by atoms with Crippen molar-refractivity contribution in [1.82, 2.24) is 30.5 Å². The van der Waals surface area contributed by atoms with Gasteiger partial charge in [0.15, 0.2) is 5.65 Å². The number of aromatic amines is 2. The number of rotatable bonds is 9. The number of nitrogens with zero attached hydrogens (tertiary/aromatic N) is 3. The van der Waals surface area contributed by atoms with Gasteiger partial charge in [-0.2, -0.15) is 5.10 Å². The maximum atomic E-state index is 13.5. The van der Waals surface area contributed by atoms with E-state index in [2.05, 4.69) is 56.6 Å². The molecule has 3 N–H and O–H groups in total. The van der Waals surface area contributed by atoms with Crippen molar-refractivity contribution in [3.63, 3.8) is 0 Å². The van der Waals surface area contributed by atoms with Gasteiger partial charge in [0.1, 0.15) is 11.5 Å². The first-order valence-corrected chi connectivity index (χ1v) is 12.5. The third kappa shape index (κ3) is 4.91. The minimum atomic E-state index is -0.265. The van der Waals surface area contributed by atoms with Gasteiger partial charge in [-0.25, -0.2) is 14.4 Å². The van der Waals surface area contributed by atoms with Crippen LogP contribution in [0.1, 0.15) is 32.3 Å². The molecule has 0 saturated carbocycles. The van der Waals surface area contributed by atoms with Gasteiger partial charge in [-0.3, -0.25) is 5.10 Å². The molecule has 0 aliphatic heterocycles. The topological polar surface area (TPSA) is 82.3 Å². The monoisotopic (exact) mass is 504 g/mol. The fourth-order valence-electron chi connectivity index (χ4n) is 4.52. The number of H-pyrrole nitrogens is 2. The number of benzene rings is 1. The number of allylic oxidation sites excluding steroid dienone is 5. The van der Waals surface area contributed by atoms with E-state index < -0.39 is 0 Å². The molecule has 0 saturated heterocycles. The maximum Gasteiger partial charge on any atom is 0.181 e. The second kappa shape index (κ2) is 10.7. The van der Waals surface area contributed by atoms with E-state index in [0.717, 1.165) is 74.3 Å². The molecule has 5 rings (SSSR count). The predicted molar refractivity (Wildman–Crippen MR) is 153 cm³/mol. The molecular formula is C31H29FN6. The summed E-state index contributed by atoms with van der Waals surface area (Å²) in [5, 5.41) is 12.7. The van der Waals surface area contributed by atoms with Gasteiger partial charge < -0.3 is 10.3 Å². The van der Waals surface area contributed by atoms with Crippen molar-refractivity contribution in [2.24, 2.45) is 0 Å². The average Bonchev–Trinajstić information content (AvgIpc) is 3.55. The summed E-state index contributed by atoms with van der Waals surface area (Å²) in [5.41, 5.74) is 8.66. The van der Waals surface area contributed by atoms with Crippen LogP contribution in [0, 0.1) is 5.82 Å². The van der Waals surface area contributed by atoms with Crippen molar-refractivity contribution >= 4 is 27.6 Å². The van der Waals surface area contributed by atoms with Crippen molar-refractivity contribution in [3.8, 4) is 22.5 Å². The number of halogens is 1. The standard InChI is InChI=1S/C31H29FN6/c1-5-8-19(4)35-24(7-3)15-20(6-2)22-16-27-29(37-38-31(27)34-18-22)28-17-26-25(13-14-33-30(26)36-28)21-9-11-23(32)12-10-21/h6-7,9-18,35H,3-5,8H2,1-2H3,(H,33,36)(H,34,37,38)/b20-6+,24-15+. The van der Waals surface area contributed by atoms with E-state index in [0.29, 0.717) is 5.65 Å². The first-order valence-electron chi connectivity index (χ1n) is 12.5. The van der Waals surface area contributed by atoms with E-state index in [1.165, 1.54) is 12.1 Å². The zero-order valence-corrected chi connectivity index (χ0v) is 21.5. The Morgan fingerprint density at radius 1 is 1.11 bits per heavy atom. The van der Waals surface area contributed by atoms with E-state index in [4.69, 9.17) is 0 Å². The molecule has 190 valence electrons. The summed E-state index contributed by atoms with van der Waals surface area (Å²) in [4.78, 5) is 12.5. The molecule has 0 fully saturated rings. The lowest BCUT2D eigenvalue weighted by Gasteiger charge is -2.11. The molecule has 5 aromatic rings. The number of hydrogen-bond acceptors (Lipinski definition) is 4. The summed E-state index contributed by atoms with van der Waals surface area (Å²) in [6, 6.07) is 12.5. The number of hydrogen-bond donors (Lipinski definition) is 3.